The summed E-state index contributed by atoms with van der Waals surface area (Å²) in [6.45, 7) is 6.54. The summed E-state index contributed by atoms with van der Waals surface area (Å²) in [7, 11) is 0. The molecular weight excluding hydrogens is 400 g/mol. The minimum atomic E-state index is -0.284. The van der Waals surface area contributed by atoms with Gasteiger partial charge in [-0.25, -0.2) is 4.39 Å². The molecule has 1 saturated heterocycles. The number of fused-ring (bicyclic) bond motifs is 1. The van der Waals surface area contributed by atoms with Crippen LogP contribution in [0.2, 0.25) is 0 Å². The van der Waals surface area contributed by atoms with Gasteiger partial charge in [0, 0.05) is 44.2 Å². The minimum absolute atomic E-state index is 0. The third-order valence-electron chi connectivity index (χ3n) is 5.11. The number of hydrogen-bond donors (Lipinski definition) is 0. The van der Waals surface area contributed by atoms with E-state index in [0.29, 0.717) is 5.58 Å². The zero-order valence-corrected chi connectivity index (χ0v) is 17.4. The summed E-state index contributed by atoms with van der Waals surface area (Å²) in [4.78, 5) is 5.04. The molecule has 3 aromatic rings. The second kappa shape index (κ2) is 10.8. The molecule has 7 heteroatoms. The van der Waals surface area contributed by atoms with E-state index in [1.165, 1.54) is 17.7 Å². The fourth-order valence-electron chi connectivity index (χ4n) is 3.63. The van der Waals surface area contributed by atoms with Crippen molar-refractivity contribution in [3.8, 4) is 0 Å². The van der Waals surface area contributed by atoms with Crippen molar-refractivity contribution >= 4 is 35.8 Å². The topological polar surface area (TPSA) is 32.5 Å². The van der Waals surface area contributed by atoms with Crippen LogP contribution in [-0.2, 0) is 13.0 Å². The summed E-state index contributed by atoms with van der Waals surface area (Å²) in [5, 5.41) is 5.04. The highest BCUT2D eigenvalue weighted by Crippen LogP contribution is 2.20. The van der Waals surface area contributed by atoms with Gasteiger partial charge in [0.15, 0.2) is 5.58 Å². The lowest BCUT2D eigenvalue weighted by Crippen LogP contribution is -2.46. The highest BCUT2D eigenvalue weighted by atomic mass is 35.5. The van der Waals surface area contributed by atoms with Gasteiger partial charge >= 0.3 is 0 Å². The summed E-state index contributed by atoms with van der Waals surface area (Å²) in [6.07, 6.45) is 1.90. The van der Waals surface area contributed by atoms with Gasteiger partial charge in [-0.15, -0.1) is 24.8 Å². The minimum Gasteiger partial charge on any atom is -0.356 e. The molecule has 0 N–H and O–H groups in total. The van der Waals surface area contributed by atoms with E-state index in [2.05, 4.69) is 45.3 Å². The average Bonchev–Trinajstić information content (AvgIpc) is 3.06. The Kier molecular flexibility index (Phi) is 8.70. The molecule has 0 spiro atoms. The molecule has 0 amide bonds. The van der Waals surface area contributed by atoms with E-state index < -0.39 is 0 Å². The number of hydrogen-bond acceptors (Lipinski definition) is 4. The van der Waals surface area contributed by atoms with Crippen molar-refractivity contribution < 1.29 is 8.91 Å². The SMILES string of the molecule is Cl.Cl.Fc1ccc2c(CCCN3CCN(Cc4ccccc4)CC3)noc2c1. The van der Waals surface area contributed by atoms with E-state index in [0.717, 1.165) is 63.2 Å². The lowest BCUT2D eigenvalue weighted by molar-refractivity contribution is 0.126. The van der Waals surface area contributed by atoms with Crippen LogP contribution in [0.5, 0.6) is 0 Å². The number of aryl methyl sites for hydroxylation is 1. The third kappa shape index (κ3) is 5.67. The predicted molar refractivity (Wildman–Crippen MR) is 115 cm³/mol. The van der Waals surface area contributed by atoms with Crippen molar-refractivity contribution in [1.29, 1.82) is 0 Å². The Balaban J connectivity index is 0.00000140. The van der Waals surface area contributed by atoms with Crippen molar-refractivity contribution in [2.24, 2.45) is 0 Å². The highest BCUT2D eigenvalue weighted by Gasteiger charge is 2.17. The van der Waals surface area contributed by atoms with Crippen LogP contribution in [0.25, 0.3) is 11.0 Å². The van der Waals surface area contributed by atoms with Crippen molar-refractivity contribution in [1.82, 2.24) is 15.0 Å². The van der Waals surface area contributed by atoms with Gasteiger partial charge in [-0.2, -0.15) is 0 Å². The van der Waals surface area contributed by atoms with Gasteiger partial charge in [-0.3, -0.25) is 4.90 Å². The molecule has 0 saturated carbocycles. The quantitative estimate of drug-likeness (QED) is 0.579. The summed E-state index contributed by atoms with van der Waals surface area (Å²) >= 11 is 0. The Hall–Kier alpha value is -1.66. The van der Waals surface area contributed by atoms with E-state index in [-0.39, 0.29) is 30.6 Å². The molecule has 1 aliphatic rings. The standard InChI is InChI=1S/C21H24FN3O.2ClH/c22-18-8-9-19-20(23-26-21(19)15-18)7-4-10-24-11-13-25(14-12-24)16-17-5-2-1-3-6-17;;/h1-3,5-6,8-9,15H,4,7,10-14,16H2;2*1H. The van der Waals surface area contributed by atoms with Gasteiger partial charge < -0.3 is 9.42 Å². The van der Waals surface area contributed by atoms with Crippen molar-refractivity contribution in [3.63, 3.8) is 0 Å². The molecule has 2 aromatic carbocycles. The fourth-order valence-corrected chi connectivity index (χ4v) is 3.63. The normalized spacial score (nSPS) is 15.2. The number of nitrogens with zero attached hydrogens (tertiary/aromatic N) is 3. The Labute approximate surface area is 177 Å². The van der Waals surface area contributed by atoms with Gasteiger partial charge in [0.1, 0.15) is 5.82 Å². The van der Waals surface area contributed by atoms with Gasteiger partial charge in [-0.1, -0.05) is 35.5 Å². The van der Waals surface area contributed by atoms with E-state index in [1.807, 2.05) is 0 Å². The second-order valence-corrected chi connectivity index (χ2v) is 6.98. The largest absolute Gasteiger partial charge is 0.356 e. The van der Waals surface area contributed by atoms with Gasteiger partial charge in [0.25, 0.3) is 0 Å². The van der Waals surface area contributed by atoms with Crippen LogP contribution in [0.4, 0.5) is 4.39 Å². The van der Waals surface area contributed by atoms with Crippen LogP contribution in [-0.4, -0.2) is 47.7 Å². The number of halogens is 3. The van der Waals surface area contributed by atoms with Crippen LogP contribution in [0, 0.1) is 5.82 Å². The van der Waals surface area contributed by atoms with Crippen LogP contribution in [0.1, 0.15) is 17.7 Å². The molecule has 152 valence electrons. The molecule has 1 aliphatic heterocycles. The predicted octanol–water partition coefficient (Wildman–Crippen LogP) is 4.56. The first-order chi connectivity index (χ1) is 12.8. The van der Waals surface area contributed by atoms with Gasteiger partial charge in [-0.05, 0) is 37.1 Å². The maximum absolute atomic E-state index is 13.2. The second-order valence-electron chi connectivity index (χ2n) is 6.98. The third-order valence-corrected chi connectivity index (χ3v) is 5.11. The molecule has 1 aromatic heterocycles. The average molecular weight is 426 g/mol. The van der Waals surface area contributed by atoms with Gasteiger partial charge in [0.05, 0.1) is 5.69 Å². The van der Waals surface area contributed by atoms with Crippen molar-refractivity contribution in [2.75, 3.05) is 32.7 Å². The zero-order chi connectivity index (χ0) is 17.8. The van der Waals surface area contributed by atoms with Crippen molar-refractivity contribution in [3.05, 3.63) is 65.6 Å². The maximum atomic E-state index is 13.2. The van der Waals surface area contributed by atoms with Crippen LogP contribution < -0.4 is 0 Å². The lowest BCUT2D eigenvalue weighted by atomic mass is 10.1. The fraction of sp³-hybridized carbons (Fsp3) is 0.381. The molecule has 1 fully saturated rings. The summed E-state index contributed by atoms with van der Waals surface area (Å²) in [5.41, 5.74) is 2.85. The number of benzene rings is 2. The smallest absolute Gasteiger partial charge is 0.170 e. The Bertz CT molecular complexity index is 851. The molecule has 28 heavy (non-hydrogen) atoms. The molecule has 0 aliphatic carbocycles. The first-order valence-corrected chi connectivity index (χ1v) is 9.30. The number of piperazine rings is 1. The van der Waals surface area contributed by atoms with E-state index in [4.69, 9.17) is 4.52 Å². The Morgan fingerprint density at radius 2 is 1.64 bits per heavy atom. The van der Waals surface area contributed by atoms with Gasteiger partial charge in [0.2, 0.25) is 0 Å². The van der Waals surface area contributed by atoms with E-state index >= 15 is 0 Å². The zero-order valence-electron chi connectivity index (χ0n) is 15.7. The summed E-state index contributed by atoms with van der Waals surface area (Å²) in [5.74, 6) is -0.284. The first kappa shape index (κ1) is 22.6. The molecule has 2 heterocycles. The van der Waals surface area contributed by atoms with Crippen LogP contribution in [0.15, 0.2) is 53.1 Å². The first-order valence-electron chi connectivity index (χ1n) is 9.30. The van der Waals surface area contributed by atoms with E-state index in [9.17, 15) is 4.39 Å². The van der Waals surface area contributed by atoms with Crippen LogP contribution in [0.3, 0.4) is 0 Å². The Morgan fingerprint density at radius 1 is 0.929 bits per heavy atom. The van der Waals surface area contributed by atoms with E-state index in [1.54, 1.807) is 6.07 Å². The lowest BCUT2D eigenvalue weighted by Gasteiger charge is -2.34. The highest BCUT2D eigenvalue weighted by molar-refractivity contribution is 5.85. The molecule has 0 atom stereocenters. The molecule has 0 bridgehead atoms. The molecule has 4 rings (SSSR count). The maximum Gasteiger partial charge on any atom is 0.170 e. The van der Waals surface area contributed by atoms with Crippen molar-refractivity contribution in [2.45, 2.75) is 19.4 Å². The number of rotatable bonds is 6. The molecule has 4 nitrogen and oxygen atoms in total. The Morgan fingerprint density at radius 3 is 2.39 bits per heavy atom. The number of aromatic nitrogens is 1. The van der Waals surface area contributed by atoms with Crippen LogP contribution >= 0.6 is 24.8 Å². The summed E-state index contributed by atoms with van der Waals surface area (Å²) in [6, 6.07) is 15.3. The molecule has 0 radical (unpaired) electrons. The monoisotopic (exact) mass is 425 g/mol. The molecule has 0 unspecified atom stereocenters. The molecular formula is C21H26Cl2FN3O. The summed E-state index contributed by atoms with van der Waals surface area (Å²) < 4.78 is 18.4.